The van der Waals surface area contributed by atoms with Gasteiger partial charge in [0.1, 0.15) is 17.5 Å². The fourth-order valence-corrected chi connectivity index (χ4v) is 3.33. The van der Waals surface area contributed by atoms with Gasteiger partial charge < -0.3 is 9.72 Å². The number of carbonyl (C=O) groups is 1. The molecular formula is C23H19F2N3O. The summed E-state index contributed by atoms with van der Waals surface area (Å²) >= 11 is 0. The minimum atomic E-state index is -0.535. The summed E-state index contributed by atoms with van der Waals surface area (Å²) in [5.41, 5.74) is 2.46. The third kappa shape index (κ3) is 4.32. The summed E-state index contributed by atoms with van der Waals surface area (Å²) in [4.78, 5) is 17.4. The van der Waals surface area contributed by atoms with Crippen molar-refractivity contribution in [1.29, 1.82) is 0 Å². The largest absolute Gasteiger partial charge is 0.348 e. The Labute approximate surface area is 166 Å². The summed E-state index contributed by atoms with van der Waals surface area (Å²) in [6, 6.07) is 17.7. The summed E-state index contributed by atoms with van der Waals surface area (Å²) in [6.45, 7) is 0.262. The standard InChI is InChI=1S/C23H19F2N3O/c24-18-8-4-16(5-9-18)13-21(17-6-10-19(25)11-7-17)23(29)27-15-22-26-14-20-3-1-2-12-28(20)22/h1-12,14,21H,13,15H2,(H,27,29). The van der Waals surface area contributed by atoms with E-state index in [2.05, 4.69) is 10.3 Å². The number of aromatic nitrogens is 2. The van der Waals surface area contributed by atoms with Crippen LogP contribution in [0.4, 0.5) is 8.78 Å². The highest BCUT2D eigenvalue weighted by Crippen LogP contribution is 2.22. The van der Waals surface area contributed by atoms with E-state index in [1.54, 1.807) is 30.5 Å². The number of rotatable bonds is 6. The number of carbonyl (C=O) groups excluding carboxylic acids is 1. The summed E-state index contributed by atoms with van der Waals surface area (Å²) in [6.07, 6.45) is 4.01. The molecule has 0 fully saturated rings. The number of halogens is 2. The normalized spacial score (nSPS) is 12.1. The summed E-state index contributed by atoms with van der Waals surface area (Å²) in [5.74, 6) is -0.712. The van der Waals surface area contributed by atoms with E-state index in [1.807, 2.05) is 28.8 Å². The maximum atomic E-state index is 13.4. The zero-order chi connectivity index (χ0) is 20.2. The monoisotopic (exact) mass is 391 g/mol. The molecule has 4 nitrogen and oxygen atoms in total. The van der Waals surface area contributed by atoms with Gasteiger partial charge >= 0.3 is 0 Å². The third-order valence-electron chi connectivity index (χ3n) is 4.88. The van der Waals surface area contributed by atoms with E-state index in [0.29, 0.717) is 17.8 Å². The van der Waals surface area contributed by atoms with Crippen LogP contribution < -0.4 is 5.32 Å². The Balaban J connectivity index is 1.55. The molecule has 4 aromatic rings. The Bertz CT molecular complexity index is 1120. The second-order valence-corrected chi connectivity index (χ2v) is 6.82. The van der Waals surface area contributed by atoms with Crippen LogP contribution in [0.5, 0.6) is 0 Å². The fourth-order valence-electron chi connectivity index (χ4n) is 3.33. The predicted molar refractivity (Wildman–Crippen MR) is 106 cm³/mol. The van der Waals surface area contributed by atoms with Crippen LogP contribution in [0.15, 0.2) is 79.1 Å². The van der Waals surface area contributed by atoms with Gasteiger partial charge in [0.2, 0.25) is 5.91 Å². The van der Waals surface area contributed by atoms with Crippen LogP contribution in [0.1, 0.15) is 22.9 Å². The van der Waals surface area contributed by atoms with Gasteiger partial charge in [0.25, 0.3) is 0 Å². The van der Waals surface area contributed by atoms with Crippen LogP contribution in [-0.2, 0) is 17.8 Å². The predicted octanol–water partition coefficient (Wildman–Crippen LogP) is 4.26. The highest BCUT2D eigenvalue weighted by Gasteiger charge is 2.22. The molecule has 0 saturated carbocycles. The number of hydrogen-bond donors (Lipinski definition) is 1. The lowest BCUT2D eigenvalue weighted by Gasteiger charge is -2.17. The molecule has 2 heterocycles. The first-order chi connectivity index (χ1) is 14.1. The van der Waals surface area contributed by atoms with Gasteiger partial charge in [-0.3, -0.25) is 4.79 Å². The van der Waals surface area contributed by atoms with Gasteiger partial charge in [-0.05, 0) is 53.9 Å². The highest BCUT2D eigenvalue weighted by atomic mass is 19.1. The van der Waals surface area contributed by atoms with Gasteiger partial charge in [-0.1, -0.05) is 30.3 Å². The first kappa shape index (κ1) is 18.8. The SMILES string of the molecule is O=C(NCc1ncc2ccccn12)C(Cc1ccc(F)cc1)c1ccc(F)cc1. The third-order valence-corrected chi connectivity index (χ3v) is 4.88. The summed E-state index contributed by atoms with van der Waals surface area (Å²) in [5, 5.41) is 2.93. The molecule has 1 atom stereocenters. The molecule has 4 rings (SSSR count). The Morgan fingerprint density at radius 1 is 0.966 bits per heavy atom. The number of pyridine rings is 1. The number of nitrogens with one attached hydrogen (secondary N) is 1. The average molecular weight is 391 g/mol. The molecule has 6 heteroatoms. The van der Waals surface area contributed by atoms with E-state index in [-0.39, 0.29) is 24.1 Å². The molecular weight excluding hydrogens is 372 g/mol. The van der Waals surface area contributed by atoms with Crippen molar-refractivity contribution in [2.45, 2.75) is 18.9 Å². The number of hydrogen-bond acceptors (Lipinski definition) is 2. The number of nitrogens with zero attached hydrogens (tertiary/aromatic N) is 2. The molecule has 0 bridgehead atoms. The van der Waals surface area contributed by atoms with Crippen molar-refractivity contribution in [1.82, 2.24) is 14.7 Å². The molecule has 1 unspecified atom stereocenters. The smallest absolute Gasteiger partial charge is 0.228 e. The van der Waals surface area contributed by atoms with Crippen molar-refractivity contribution in [2.24, 2.45) is 0 Å². The van der Waals surface area contributed by atoms with Gasteiger partial charge in [-0.2, -0.15) is 0 Å². The first-order valence-electron chi connectivity index (χ1n) is 9.29. The van der Waals surface area contributed by atoms with Crippen molar-refractivity contribution in [3.8, 4) is 0 Å². The molecule has 0 aliphatic heterocycles. The van der Waals surface area contributed by atoms with Crippen LogP contribution >= 0.6 is 0 Å². The molecule has 0 spiro atoms. The molecule has 1 amide bonds. The quantitative estimate of drug-likeness (QED) is 0.534. The lowest BCUT2D eigenvalue weighted by Crippen LogP contribution is -2.31. The number of benzene rings is 2. The molecule has 0 aliphatic carbocycles. The lowest BCUT2D eigenvalue weighted by molar-refractivity contribution is -0.122. The minimum absolute atomic E-state index is 0.200. The van der Waals surface area contributed by atoms with Gasteiger partial charge in [-0.25, -0.2) is 13.8 Å². The van der Waals surface area contributed by atoms with E-state index in [9.17, 15) is 13.6 Å². The van der Waals surface area contributed by atoms with Crippen molar-refractivity contribution >= 4 is 11.4 Å². The summed E-state index contributed by atoms with van der Waals surface area (Å²) < 4.78 is 28.5. The Morgan fingerprint density at radius 3 is 2.38 bits per heavy atom. The second kappa shape index (κ2) is 8.22. The number of amides is 1. The van der Waals surface area contributed by atoms with Gasteiger partial charge in [0, 0.05) is 6.20 Å². The topological polar surface area (TPSA) is 46.4 Å². The van der Waals surface area contributed by atoms with Gasteiger partial charge in [0.05, 0.1) is 24.2 Å². The van der Waals surface area contributed by atoms with Crippen LogP contribution in [0.2, 0.25) is 0 Å². The number of fused-ring (bicyclic) bond motifs is 1. The van der Waals surface area contributed by atoms with E-state index < -0.39 is 5.92 Å². The van der Waals surface area contributed by atoms with E-state index in [4.69, 9.17) is 0 Å². The van der Waals surface area contributed by atoms with Gasteiger partial charge in [-0.15, -0.1) is 0 Å². The molecule has 1 N–H and O–H groups in total. The van der Waals surface area contributed by atoms with Gasteiger partial charge in [0.15, 0.2) is 0 Å². The van der Waals surface area contributed by atoms with Crippen LogP contribution in [0, 0.1) is 11.6 Å². The van der Waals surface area contributed by atoms with E-state index >= 15 is 0 Å². The molecule has 0 aliphatic rings. The average Bonchev–Trinajstić information content (AvgIpc) is 3.15. The van der Waals surface area contributed by atoms with Crippen LogP contribution in [0.3, 0.4) is 0 Å². The maximum Gasteiger partial charge on any atom is 0.228 e. The lowest BCUT2D eigenvalue weighted by atomic mass is 9.91. The van der Waals surface area contributed by atoms with E-state index in [0.717, 1.165) is 11.1 Å². The summed E-state index contributed by atoms with van der Waals surface area (Å²) in [7, 11) is 0. The second-order valence-electron chi connectivity index (χ2n) is 6.82. The molecule has 146 valence electrons. The maximum absolute atomic E-state index is 13.4. The molecule has 2 aromatic heterocycles. The Morgan fingerprint density at radius 2 is 1.66 bits per heavy atom. The van der Waals surface area contributed by atoms with Crippen molar-refractivity contribution in [2.75, 3.05) is 0 Å². The van der Waals surface area contributed by atoms with Crippen LogP contribution in [-0.4, -0.2) is 15.3 Å². The zero-order valence-electron chi connectivity index (χ0n) is 15.6. The molecule has 0 radical (unpaired) electrons. The minimum Gasteiger partial charge on any atom is -0.348 e. The number of imidazole rings is 1. The van der Waals surface area contributed by atoms with E-state index in [1.165, 1.54) is 24.3 Å². The highest BCUT2D eigenvalue weighted by molar-refractivity contribution is 5.84. The first-order valence-corrected chi connectivity index (χ1v) is 9.29. The molecule has 0 saturated heterocycles. The van der Waals surface area contributed by atoms with Crippen molar-refractivity contribution < 1.29 is 13.6 Å². The molecule has 29 heavy (non-hydrogen) atoms. The Hall–Kier alpha value is -3.54. The van der Waals surface area contributed by atoms with Crippen molar-refractivity contribution in [3.63, 3.8) is 0 Å². The Kier molecular flexibility index (Phi) is 5.33. The van der Waals surface area contributed by atoms with Crippen LogP contribution in [0.25, 0.3) is 5.52 Å². The zero-order valence-corrected chi connectivity index (χ0v) is 15.6. The fraction of sp³-hybridized carbons (Fsp3) is 0.130. The molecule has 2 aromatic carbocycles. The van der Waals surface area contributed by atoms with Crippen molar-refractivity contribution in [3.05, 3.63) is 108 Å².